The highest BCUT2D eigenvalue weighted by Crippen LogP contribution is 2.26. The Bertz CT molecular complexity index is 752. The summed E-state index contributed by atoms with van der Waals surface area (Å²) in [5.74, 6) is -0.327. The zero-order valence-electron chi connectivity index (χ0n) is 13.6. The van der Waals surface area contributed by atoms with Gasteiger partial charge in [0.1, 0.15) is 5.82 Å². The molecule has 0 spiro atoms. The number of nitrogens with one attached hydrogen (secondary N) is 1. The van der Waals surface area contributed by atoms with E-state index in [0.717, 1.165) is 31.5 Å². The third-order valence-corrected chi connectivity index (χ3v) is 5.12. The lowest BCUT2D eigenvalue weighted by atomic mass is 9.96. The minimum Gasteiger partial charge on any atom is -0.326 e. The van der Waals surface area contributed by atoms with E-state index in [1.54, 1.807) is 30.3 Å². The summed E-state index contributed by atoms with van der Waals surface area (Å²) in [7, 11) is 0. The van der Waals surface area contributed by atoms with Crippen LogP contribution in [0.4, 0.5) is 10.1 Å². The first-order valence-electron chi connectivity index (χ1n) is 8.24. The van der Waals surface area contributed by atoms with E-state index in [4.69, 9.17) is 23.2 Å². The number of carbonyl (C=O) groups is 1. The molecule has 1 atom stereocenters. The number of carbonyl (C=O) groups excluding carboxylic acids is 1. The molecule has 1 N–H and O–H groups in total. The fourth-order valence-electron chi connectivity index (χ4n) is 3.08. The molecule has 2 aromatic carbocycles. The van der Waals surface area contributed by atoms with E-state index in [9.17, 15) is 9.18 Å². The van der Waals surface area contributed by atoms with Gasteiger partial charge in [-0.15, -0.1) is 0 Å². The summed E-state index contributed by atoms with van der Waals surface area (Å²) in [6.07, 6.45) is 1.81. The molecule has 3 rings (SSSR count). The predicted molar refractivity (Wildman–Crippen MR) is 99.5 cm³/mol. The summed E-state index contributed by atoms with van der Waals surface area (Å²) in [6, 6.07) is 11.6. The Hall–Kier alpha value is -1.62. The summed E-state index contributed by atoms with van der Waals surface area (Å²) in [6.45, 7) is 2.34. The molecule has 0 unspecified atom stereocenters. The fraction of sp³-hybridized carbons (Fsp3) is 0.316. The molecule has 6 heteroatoms. The molecule has 1 aliphatic rings. The van der Waals surface area contributed by atoms with Crippen molar-refractivity contribution in [2.24, 2.45) is 5.92 Å². The van der Waals surface area contributed by atoms with E-state index in [1.165, 1.54) is 12.1 Å². The molecule has 1 heterocycles. The van der Waals surface area contributed by atoms with Crippen molar-refractivity contribution < 1.29 is 9.18 Å². The second-order valence-corrected chi connectivity index (χ2v) is 7.13. The highest BCUT2D eigenvalue weighted by molar-refractivity contribution is 6.42. The molecule has 3 nitrogen and oxygen atoms in total. The van der Waals surface area contributed by atoms with Crippen molar-refractivity contribution in [2.45, 2.75) is 19.4 Å². The van der Waals surface area contributed by atoms with Crippen molar-refractivity contribution in [3.05, 3.63) is 63.9 Å². The van der Waals surface area contributed by atoms with Gasteiger partial charge in [0.15, 0.2) is 0 Å². The minimum atomic E-state index is -0.235. The van der Waals surface area contributed by atoms with Crippen LogP contribution < -0.4 is 5.32 Å². The number of hydrogen-bond donors (Lipinski definition) is 1. The van der Waals surface area contributed by atoms with Crippen molar-refractivity contribution in [2.75, 3.05) is 18.4 Å². The zero-order chi connectivity index (χ0) is 17.8. The van der Waals surface area contributed by atoms with Gasteiger partial charge in [-0.1, -0.05) is 35.3 Å². The van der Waals surface area contributed by atoms with Crippen LogP contribution in [0.3, 0.4) is 0 Å². The van der Waals surface area contributed by atoms with E-state index >= 15 is 0 Å². The van der Waals surface area contributed by atoms with Crippen LogP contribution in [0.2, 0.25) is 10.0 Å². The van der Waals surface area contributed by atoms with Crippen LogP contribution in [0.15, 0.2) is 42.5 Å². The number of piperidine rings is 1. The van der Waals surface area contributed by atoms with E-state index in [0.29, 0.717) is 22.3 Å². The Balaban J connectivity index is 1.59. The SMILES string of the molecule is O=C(Nc1ccc(Cl)c(Cl)c1)[C@@H]1CCCN(Cc2ccc(F)cc2)C1. The lowest BCUT2D eigenvalue weighted by Gasteiger charge is -2.32. The highest BCUT2D eigenvalue weighted by Gasteiger charge is 2.26. The monoisotopic (exact) mass is 380 g/mol. The minimum absolute atomic E-state index is 0.0119. The van der Waals surface area contributed by atoms with Crippen LogP contribution in [-0.2, 0) is 11.3 Å². The Kier molecular flexibility index (Phi) is 5.94. The third-order valence-electron chi connectivity index (χ3n) is 4.38. The lowest BCUT2D eigenvalue weighted by Crippen LogP contribution is -2.40. The predicted octanol–water partition coefficient (Wildman–Crippen LogP) is 4.98. The normalized spacial score (nSPS) is 18.1. The van der Waals surface area contributed by atoms with Crippen molar-refractivity contribution in [1.82, 2.24) is 4.90 Å². The zero-order valence-corrected chi connectivity index (χ0v) is 15.2. The maximum absolute atomic E-state index is 13.0. The van der Waals surface area contributed by atoms with E-state index in [-0.39, 0.29) is 17.6 Å². The summed E-state index contributed by atoms with van der Waals surface area (Å²) in [4.78, 5) is 14.8. The molecule has 0 aliphatic carbocycles. The van der Waals surface area contributed by atoms with Gasteiger partial charge in [0.05, 0.1) is 16.0 Å². The number of benzene rings is 2. The van der Waals surface area contributed by atoms with E-state index in [1.807, 2.05) is 0 Å². The van der Waals surface area contributed by atoms with Crippen LogP contribution in [0, 0.1) is 11.7 Å². The first-order chi connectivity index (χ1) is 12.0. The Morgan fingerprint density at radius 3 is 2.64 bits per heavy atom. The number of amides is 1. The second-order valence-electron chi connectivity index (χ2n) is 6.32. The number of anilines is 1. The number of rotatable bonds is 4. The maximum atomic E-state index is 13.0. The largest absolute Gasteiger partial charge is 0.326 e. The van der Waals surface area contributed by atoms with Gasteiger partial charge in [-0.2, -0.15) is 0 Å². The van der Waals surface area contributed by atoms with Gasteiger partial charge in [-0.05, 0) is 55.3 Å². The molecule has 1 fully saturated rings. The molecule has 2 aromatic rings. The van der Waals surface area contributed by atoms with Crippen LogP contribution in [0.5, 0.6) is 0 Å². The van der Waals surface area contributed by atoms with Crippen molar-refractivity contribution in [3.8, 4) is 0 Å². The molecular weight excluding hydrogens is 362 g/mol. The lowest BCUT2D eigenvalue weighted by molar-refractivity contribution is -0.121. The van der Waals surface area contributed by atoms with Crippen LogP contribution in [-0.4, -0.2) is 23.9 Å². The fourth-order valence-corrected chi connectivity index (χ4v) is 3.38. The summed E-state index contributed by atoms with van der Waals surface area (Å²) >= 11 is 11.9. The Morgan fingerprint density at radius 2 is 1.92 bits per heavy atom. The van der Waals surface area contributed by atoms with Gasteiger partial charge in [-0.25, -0.2) is 4.39 Å². The summed E-state index contributed by atoms with van der Waals surface area (Å²) < 4.78 is 13.0. The average molecular weight is 381 g/mol. The molecule has 25 heavy (non-hydrogen) atoms. The molecule has 1 saturated heterocycles. The molecule has 0 bridgehead atoms. The van der Waals surface area contributed by atoms with Crippen LogP contribution >= 0.6 is 23.2 Å². The van der Waals surface area contributed by atoms with Gasteiger partial charge < -0.3 is 5.32 Å². The summed E-state index contributed by atoms with van der Waals surface area (Å²) in [5, 5.41) is 3.79. The van der Waals surface area contributed by atoms with Gasteiger partial charge in [0.2, 0.25) is 5.91 Å². The molecule has 1 amide bonds. The first-order valence-corrected chi connectivity index (χ1v) is 8.99. The average Bonchev–Trinajstić information content (AvgIpc) is 2.60. The van der Waals surface area contributed by atoms with Gasteiger partial charge in [0, 0.05) is 18.8 Å². The van der Waals surface area contributed by atoms with Crippen LogP contribution in [0.25, 0.3) is 0 Å². The van der Waals surface area contributed by atoms with E-state index < -0.39 is 0 Å². The first kappa shape index (κ1) is 18.2. The Morgan fingerprint density at radius 1 is 1.16 bits per heavy atom. The molecule has 0 saturated carbocycles. The number of halogens is 3. The van der Waals surface area contributed by atoms with Crippen LogP contribution in [0.1, 0.15) is 18.4 Å². The van der Waals surface area contributed by atoms with Crippen molar-refractivity contribution in [3.63, 3.8) is 0 Å². The quantitative estimate of drug-likeness (QED) is 0.810. The van der Waals surface area contributed by atoms with E-state index in [2.05, 4.69) is 10.2 Å². The van der Waals surface area contributed by atoms with Gasteiger partial charge in [0.25, 0.3) is 0 Å². The van der Waals surface area contributed by atoms with Gasteiger partial charge in [-0.3, -0.25) is 9.69 Å². The number of likely N-dealkylation sites (tertiary alicyclic amines) is 1. The summed E-state index contributed by atoms with van der Waals surface area (Å²) in [5.41, 5.74) is 1.70. The van der Waals surface area contributed by atoms with Crippen molar-refractivity contribution in [1.29, 1.82) is 0 Å². The standard InChI is InChI=1S/C19H19Cl2FN2O/c20-17-8-7-16(10-18(17)21)23-19(25)14-2-1-9-24(12-14)11-13-3-5-15(22)6-4-13/h3-8,10,14H,1-2,9,11-12H2,(H,23,25)/t14-/m1/s1. The molecular formula is C19H19Cl2FN2O. The molecule has 132 valence electrons. The highest BCUT2D eigenvalue weighted by atomic mass is 35.5. The third kappa shape index (κ3) is 4.94. The number of nitrogens with zero attached hydrogens (tertiary/aromatic N) is 1. The molecule has 0 aromatic heterocycles. The maximum Gasteiger partial charge on any atom is 0.228 e. The Labute approximate surface area is 156 Å². The molecule has 1 aliphatic heterocycles. The molecule has 0 radical (unpaired) electrons. The topological polar surface area (TPSA) is 32.3 Å². The van der Waals surface area contributed by atoms with Gasteiger partial charge >= 0.3 is 0 Å². The number of hydrogen-bond acceptors (Lipinski definition) is 2. The second kappa shape index (κ2) is 8.17. The smallest absolute Gasteiger partial charge is 0.228 e. The van der Waals surface area contributed by atoms with Crippen molar-refractivity contribution >= 4 is 34.8 Å².